The highest BCUT2D eigenvalue weighted by Crippen LogP contribution is 2.22. The van der Waals surface area contributed by atoms with Gasteiger partial charge in [-0.05, 0) is 53.3 Å². The maximum Gasteiger partial charge on any atom is 0.337 e. The summed E-state index contributed by atoms with van der Waals surface area (Å²) >= 11 is 2.07. The molecule has 2 N–H and O–H groups in total. The van der Waals surface area contributed by atoms with Gasteiger partial charge < -0.3 is 10.4 Å². The molecule has 0 heterocycles. The fraction of sp³-hybridized carbons (Fsp3) is 0.0667. The summed E-state index contributed by atoms with van der Waals surface area (Å²) in [7, 11) is 0. The lowest BCUT2D eigenvalue weighted by molar-refractivity contribution is 0.0698. The van der Waals surface area contributed by atoms with Crippen LogP contribution in [0.5, 0.6) is 0 Å². The number of aromatic carboxylic acids is 1. The number of anilines is 1. The number of nitrogens with one attached hydrogen (secondary N) is 1. The second kappa shape index (κ2) is 6.04. The topological polar surface area (TPSA) is 66.4 Å². The van der Waals surface area contributed by atoms with Crippen LogP contribution in [0.1, 0.15) is 26.3 Å². The van der Waals surface area contributed by atoms with E-state index in [2.05, 4.69) is 27.9 Å². The van der Waals surface area contributed by atoms with E-state index >= 15 is 0 Å². The van der Waals surface area contributed by atoms with Crippen LogP contribution >= 0.6 is 22.6 Å². The Balaban J connectivity index is 2.38. The summed E-state index contributed by atoms with van der Waals surface area (Å²) in [6, 6.07) is 12.0. The van der Waals surface area contributed by atoms with Gasteiger partial charge in [0, 0.05) is 3.57 Å². The molecular weight excluding hydrogens is 369 g/mol. The molecule has 2 aromatic rings. The predicted molar refractivity (Wildman–Crippen MR) is 85.3 cm³/mol. The van der Waals surface area contributed by atoms with Crippen molar-refractivity contribution >= 4 is 40.2 Å². The van der Waals surface area contributed by atoms with E-state index in [1.807, 2.05) is 12.1 Å². The Morgan fingerprint density at radius 3 is 2.35 bits per heavy atom. The number of carboxylic acids is 1. The van der Waals surface area contributed by atoms with Gasteiger partial charge in [-0.2, -0.15) is 0 Å². The van der Waals surface area contributed by atoms with Crippen LogP contribution in [0, 0.1) is 10.5 Å². The van der Waals surface area contributed by atoms with Gasteiger partial charge in [0.15, 0.2) is 0 Å². The van der Waals surface area contributed by atoms with Crippen LogP contribution in [0.3, 0.4) is 0 Å². The number of benzene rings is 2. The first-order valence-electron chi connectivity index (χ1n) is 5.89. The van der Waals surface area contributed by atoms with Crippen molar-refractivity contribution in [2.45, 2.75) is 6.92 Å². The van der Waals surface area contributed by atoms with Crippen molar-refractivity contribution in [3.05, 3.63) is 62.7 Å². The Labute approximate surface area is 130 Å². The van der Waals surface area contributed by atoms with Crippen LogP contribution in [0.15, 0.2) is 42.5 Å². The number of para-hydroxylation sites is 1. The number of hydrogen-bond acceptors (Lipinski definition) is 2. The van der Waals surface area contributed by atoms with Gasteiger partial charge in [-0.15, -0.1) is 0 Å². The first-order chi connectivity index (χ1) is 9.50. The molecule has 0 aliphatic carbocycles. The number of carboxylic acid groups (broad SMARTS) is 1. The zero-order chi connectivity index (χ0) is 14.7. The van der Waals surface area contributed by atoms with Crippen LogP contribution in [0.25, 0.3) is 0 Å². The summed E-state index contributed by atoms with van der Waals surface area (Å²) < 4.78 is 0.813. The van der Waals surface area contributed by atoms with Crippen molar-refractivity contribution in [3.63, 3.8) is 0 Å². The number of amides is 1. The van der Waals surface area contributed by atoms with Crippen LogP contribution < -0.4 is 5.32 Å². The van der Waals surface area contributed by atoms with Gasteiger partial charge in [0.25, 0.3) is 5.91 Å². The number of aryl methyl sites for hydroxylation is 1. The lowest BCUT2D eigenvalue weighted by atomic mass is 10.1. The highest BCUT2D eigenvalue weighted by Gasteiger charge is 2.16. The molecular formula is C15H12INO3. The molecule has 5 heteroatoms. The van der Waals surface area contributed by atoms with Crippen molar-refractivity contribution < 1.29 is 14.7 Å². The molecule has 0 spiro atoms. The molecule has 0 aromatic heterocycles. The average Bonchev–Trinajstić information content (AvgIpc) is 2.41. The zero-order valence-electron chi connectivity index (χ0n) is 10.7. The summed E-state index contributed by atoms with van der Waals surface area (Å²) in [5.74, 6) is -1.38. The van der Waals surface area contributed by atoms with E-state index in [-0.39, 0.29) is 11.5 Å². The van der Waals surface area contributed by atoms with Gasteiger partial charge in [0.05, 0.1) is 16.8 Å². The minimum atomic E-state index is -1.06. The lowest BCUT2D eigenvalue weighted by Gasteiger charge is -2.12. The van der Waals surface area contributed by atoms with Gasteiger partial charge in [-0.25, -0.2) is 4.79 Å². The third-order valence-electron chi connectivity index (χ3n) is 2.86. The van der Waals surface area contributed by atoms with E-state index < -0.39 is 5.97 Å². The number of halogens is 1. The molecule has 102 valence electrons. The summed E-state index contributed by atoms with van der Waals surface area (Å²) in [5.41, 5.74) is 1.66. The predicted octanol–water partition coefficient (Wildman–Crippen LogP) is 3.55. The maximum absolute atomic E-state index is 12.3. The molecule has 0 atom stereocenters. The first kappa shape index (κ1) is 14.5. The summed E-state index contributed by atoms with van der Waals surface area (Å²) in [4.78, 5) is 23.5. The third kappa shape index (κ3) is 2.98. The van der Waals surface area contributed by atoms with Crippen LogP contribution in [0.4, 0.5) is 5.69 Å². The molecule has 1 amide bonds. The maximum atomic E-state index is 12.3. The van der Waals surface area contributed by atoms with Crippen LogP contribution in [-0.4, -0.2) is 17.0 Å². The van der Waals surface area contributed by atoms with Gasteiger partial charge in [0.2, 0.25) is 0 Å². The molecule has 0 saturated carbocycles. The summed E-state index contributed by atoms with van der Waals surface area (Å²) in [6.45, 7) is 1.76. The molecule has 0 saturated heterocycles. The molecule has 2 aromatic carbocycles. The zero-order valence-corrected chi connectivity index (χ0v) is 12.8. The van der Waals surface area contributed by atoms with E-state index in [4.69, 9.17) is 0 Å². The quantitative estimate of drug-likeness (QED) is 0.800. The fourth-order valence-electron chi connectivity index (χ4n) is 1.84. The molecule has 0 aliphatic rings. The molecule has 4 nitrogen and oxygen atoms in total. The number of hydrogen-bond donors (Lipinski definition) is 2. The SMILES string of the molecule is Cc1cccc(C(=O)O)c1NC(=O)c1ccccc1I. The second-order valence-corrected chi connectivity index (χ2v) is 5.40. The van der Waals surface area contributed by atoms with E-state index in [1.165, 1.54) is 6.07 Å². The van der Waals surface area contributed by atoms with Crippen molar-refractivity contribution in [1.82, 2.24) is 0 Å². The molecule has 0 bridgehead atoms. The first-order valence-corrected chi connectivity index (χ1v) is 6.97. The third-order valence-corrected chi connectivity index (χ3v) is 3.80. The standard InChI is InChI=1S/C15H12INO3/c1-9-5-4-7-11(15(19)20)13(9)17-14(18)10-6-2-3-8-12(10)16/h2-8H,1H3,(H,17,18)(H,19,20). The number of carbonyl (C=O) groups excluding carboxylic acids is 1. The highest BCUT2D eigenvalue weighted by molar-refractivity contribution is 14.1. The van der Waals surface area contributed by atoms with Gasteiger partial charge >= 0.3 is 5.97 Å². The van der Waals surface area contributed by atoms with E-state index in [1.54, 1.807) is 31.2 Å². The summed E-state index contributed by atoms with van der Waals surface area (Å²) in [5, 5.41) is 11.9. The Bertz CT molecular complexity index is 683. The van der Waals surface area contributed by atoms with Gasteiger partial charge in [0.1, 0.15) is 0 Å². The Morgan fingerprint density at radius 2 is 1.70 bits per heavy atom. The Kier molecular flexibility index (Phi) is 4.39. The number of carbonyl (C=O) groups is 2. The fourth-order valence-corrected chi connectivity index (χ4v) is 2.47. The largest absolute Gasteiger partial charge is 0.478 e. The molecule has 0 aliphatic heterocycles. The number of rotatable bonds is 3. The Hall–Kier alpha value is -1.89. The molecule has 2 rings (SSSR count). The second-order valence-electron chi connectivity index (χ2n) is 4.24. The van der Waals surface area contributed by atoms with Crippen molar-refractivity contribution in [3.8, 4) is 0 Å². The smallest absolute Gasteiger partial charge is 0.337 e. The molecule has 0 radical (unpaired) electrons. The van der Waals surface area contributed by atoms with Crippen molar-refractivity contribution in [1.29, 1.82) is 0 Å². The monoisotopic (exact) mass is 381 g/mol. The van der Waals surface area contributed by atoms with Crippen molar-refractivity contribution in [2.75, 3.05) is 5.32 Å². The van der Waals surface area contributed by atoms with Crippen LogP contribution in [0.2, 0.25) is 0 Å². The molecule has 0 fully saturated rings. The van der Waals surface area contributed by atoms with E-state index in [0.717, 1.165) is 3.57 Å². The normalized spacial score (nSPS) is 10.1. The van der Waals surface area contributed by atoms with Gasteiger partial charge in [-0.1, -0.05) is 24.3 Å². The van der Waals surface area contributed by atoms with Crippen molar-refractivity contribution in [2.24, 2.45) is 0 Å². The molecule has 0 unspecified atom stereocenters. The lowest BCUT2D eigenvalue weighted by Crippen LogP contribution is -2.16. The van der Waals surface area contributed by atoms with Crippen LogP contribution in [-0.2, 0) is 0 Å². The summed E-state index contributed by atoms with van der Waals surface area (Å²) in [6.07, 6.45) is 0. The minimum absolute atomic E-state index is 0.0873. The van der Waals surface area contributed by atoms with E-state index in [9.17, 15) is 14.7 Å². The van der Waals surface area contributed by atoms with Gasteiger partial charge in [-0.3, -0.25) is 4.79 Å². The Morgan fingerprint density at radius 1 is 1.05 bits per heavy atom. The minimum Gasteiger partial charge on any atom is -0.478 e. The van der Waals surface area contributed by atoms with E-state index in [0.29, 0.717) is 16.8 Å². The molecule has 20 heavy (non-hydrogen) atoms. The average molecular weight is 381 g/mol. The highest BCUT2D eigenvalue weighted by atomic mass is 127.